The number of benzene rings is 4. The van der Waals surface area contributed by atoms with Crippen LogP contribution in [0, 0.1) is 13.8 Å². The Hall–Kier alpha value is -3.88. The zero-order valence-electron chi connectivity index (χ0n) is 22.3. The maximum atomic E-state index is 13.6. The maximum absolute atomic E-state index is 13.6. The summed E-state index contributed by atoms with van der Waals surface area (Å²) in [4.78, 5) is 13.6. The van der Waals surface area contributed by atoms with Crippen LogP contribution in [0.2, 0.25) is 0 Å². The number of halogens is 1. The van der Waals surface area contributed by atoms with E-state index < -0.39 is 5.54 Å². The minimum Gasteiger partial charge on any atom is -0.453 e. The van der Waals surface area contributed by atoms with Crippen molar-refractivity contribution in [2.45, 2.75) is 32.2 Å². The van der Waals surface area contributed by atoms with Crippen LogP contribution in [-0.2, 0) is 6.42 Å². The van der Waals surface area contributed by atoms with E-state index in [1.54, 1.807) is 24.3 Å². The van der Waals surface area contributed by atoms with Gasteiger partial charge in [-0.25, -0.2) is 0 Å². The van der Waals surface area contributed by atoms with E-state index in [1.165, 1.54) is 0 Å². The van der Waals surface area contributed by atoms with E-state index in [2.05, 4.69) is 0 Å². The third kappa shape index (κ3) is 6.13. The van der Waals surface area contributed by atoms with Crippen molar-refractivity contribution in [1.82, 2.24) is 0 Å². The van der Waals surface area contributed by atoms with Crippen molar-refractivity contribution in [3.05, 3.63) is 106 Å². The molecule has 4 N–H and O–H groups in total. The number of aliphatic hydroxyl groups excluding tert-OH is 2. The average molecular weight is 562 g/mol. The molecule has 0 aliphatic rings. The fraction of sp³-hybridized carbons (Fsp3) is 0.219. The Morgan fingerprint density at radius 3 is 2.00 bits per heavy atom. The van der Waals surface area contributed by atoms with Crippen LogP contribution in [0.4, 0.5) is 0 Å². The summed E-state index contributed by atoms with van der Waals surface area (Å²) >= 11 is 0. The van der Waals surface area contributed by atoms with E-state index in [1.807, 2.05) is 68.4 Å². The molecule has 0 amide bonds. The summed E-state index contributed by atoms with van der Waals surface area (Å²) in [7, 11) is 0. The molecule has 0 aliphatic heterocycles. The van der Waals surface area contributed by atoms with Gasteiger partial charge in [0.15, 0.2) is 11.3 Å². The second-order valence-electron chi connectivity index (χ2n) is 10.0. The van der Waals surface area contributed by atoms with E-state index in [0.29, 0.717) is 52.2 Å². The molecule has 1 heterocycles. The lowest BCUT2D eigenvalue weighted by atomic mass is 9.93. The Bertz CT molecular complexity index is 1680. The lowest BCUT2D eigenvalue weighted by molar-refractivity contribution is 0.115. The Morgan fingerprint density at radius 2 is 1.40 bits per heavy atom. The summed E-state index contributed by atoms with van der Waals surface area (Å²) in [6.07, 6.45) is 0.842. The van der Waals surface area contributed by atoms with E-state index in [9.17, 15) is 15.0 Å². The van der Waals surface area contributed by atoms with Crippen molar-refractivity contribution in [1.29, 1.82) is 0 Å². The topological polar surface area (TPSA) is 115 Å². The highest BCUT2D eigenvalue weighted by atomic mass is 35.5. The zero-order chi connectivity index (χ0) is 27.6. The van der Waals surface area contributed by atoms with Crippen molar-refractivity contribution in [3.8, 4) is 23.0 Å². The molecule has 0 aliphatic carbocycles. The molecule has 1 aromatic heterocycles. The highest BCUT2D eigenvalue weighted by molar-refractivity contribution is 5.94. The fourth-order valence-electron chi connectivity index (χ4n) is 4.31. The molecule has 0 unspecified atom stereocenters. The molecule has 0 saturated carbocycles. The average Bonchev–Trinajstić information content (AvgIpc) is 2.95. The lowest BCUT2D eigenvalue weighted by Crippen LogP contribution is -2.47. The summed E-state index contributed by atoms with van der Waals surface area (Å²) in [5, 5.41) is 19.8. The molecular weight excluding hydrogens is 530 g/mol. The molecule has 7 nitrogen and oxygen atoms in total. The van der Waals surface area contributed by atoms with Gasteiger partial charge in [0.05, 0.1) is 29.5 Å². The van der Waals surface area contributed by atoms with Gasteiger partial charge in [-0.15, -0.1) is 12.4 Å². The number of hydrogen-bond donors (Lipinski definition) is 3. The first kappa shape index (κ1) is 29.1. The van der Waals surface area contributed by atoms with Gasteiger partial charge in [0, 0.05) is 0 Å². The first-order valence-electron chi connectivity index (χ1n) is 12.8. The third-order valence-corrected chi connectivity index (χ3v) is 6.85. The predicted molar refractivity (Wildman–Crippen MR) is 159 cm³/mol. The minimum atomic E-state index is -1.08. The van der Waals surface area contributed by atoms with E-state index in [0.717, 1.165) is 16.7 Å². The highest BCUT2D eigenvalue weighted by Gasteiger charge is 2.23. The van der Waals surface area contributed by atoms with Crippen LogP contribution in [0.5, 0.6) is 23.0 Å². The molecule has 0 fully saturated rings. The normalized spacial score (nSPS) is 11.4. The maximum Gasteiger partial charge on any atom is 0.213 e. The monoisotopic (exact) mass is 561 g/mol. The third-order valence-electron chi connectivity index (χ3n) is 6.85. The Labute approximate surface area is 238 Å². The molecule has 4 aromatic carbocycles. The molecule has 0 atom stereocenters. The number of aryl methyl sites for hydroxylation is 3. The lowest BCUT2D eigenvalue weighted by Gasteiger charge is -2.24. The molecule has 5 rings (SSSR count). The van der Waals surface area contributed by atoms with Gasteiger partial charge in [0.25, 0.3) is 0 Å². The number of hydrogen-bond acceptors (Lipinski definition) is 7. The molecule has 0 saturated heterocycles. The number of nitrogens with two attached hydrogens (primary N) is 1. The molecule has 8 heteroatoms. The largest absolute Gasteiger partial charge is 0.453 e. The number of ether oxygens (including phenoxy) is 2. The predicted octanol–water partition coefficient (Wildman–Crippen LogP) is 6.18. The Morgan fingerprint density at radius 1 is 0.800 bits per heavy atom. The van der Waals surface area contributed by atoms with Crippen LogP contribution in [-0.4, -0.2) is 29.0 Å². The van der Waals surface area contributed by atoms with Gasteiger partial charge in [0.1, 0.15) is 17.1 Å². The summed E-state index contributed by atoms with van der Waals surface area (Å²) in [6.45, 7) is 3.33. The smallest absolute Gasteiger partial charge is 0.213 e. The highest BCUT2D eigenvalue weighted by Crippen LogP contribution is 2.41. The van der Waals surface area contributed by atoms with Crippen LogP contribution in [0.15, 0.2) is 88.1 Å². The van der Waals surface area contributed by atoms with Gasteiger partial charge in [-0.1, -0.05) is 41.5 Å². The van der Waals surface area contributed by atoms with Gasteiger partial charge in [-0.3, -0.25) is 4.79 Å². The molecule has 0 bridgehead atoms. The first-order chi connectivity index (χ1) is 18.8. The van der Waals surface area contributed by atoms with Crippen molar-refractivity contribution in [2.24, 2.45) is 5.73 Å². The summed E-state index contributed by atoms with van der Waals surface area (Å²) in [5.74, 6) is 1.93. The van der Waals surface area contributed by atoms with E-state index in [-0.39, 0.29) is 36.6 Å². The van der Waals surface area contributed by atoms with Crippen LogP contribution < -0.4 is 20.6 Å². The molecule has 0 spiro atoms. The molecule has 208 valence electrons. The SMILES string of the molecule is Cc1ccc(Oc2ccc3c(=O)c4cc(CCC(N)(CO)CO)ccc4oc3c2Oc2ccc(C)cc2)cc1.Cl. The summed E-state index contributed by atoms with van der Waals surface area (Å²) in [5.41, 5.74) is 8.47. The number of aliphatic hydroxyl groups is 2. The van der Waals surface area contributed by atoms with Crippen molar-refractivity contribution < 1.29 is 24.1 Å². The van der Waals surface area contributed by atoms with Crippen LogP contribution in [0.3, 0.4) is 0 Å². The van der Waals surface area contributed by atoms with Crippen molar-refractivity contribution in [2.75, 3.05) is 13.2 Å². The molecular formula is C32H32ClNO6. The molecule has 0 radical (unpaired) electrons. The van der Waals surface area contributed by atoms with Crippen molar-refractivity contribution >= 4 is 34.3 Å². The van der Waals surface area contributed by atoms with Gasteiger partial charge in [-0.05, 0) is 80.8 Å². The van der Waals surface area contributed by atoms with E-state index in [4.69, 9.17) is 19.6 Å². The minimum absolute atomic E-state index is 0. The second-order valence-corrected chi connectivity index (χ2v) is 10.0. The van der Waals surface area contributed by atoms with Gasteiger partial charge in [-0.2, -0.15) is 0 Å². The van der Waals surface area contributed by atoms with Crippen LogP contribution >= 0.6 is 12.4 Å². The quantitative estimate of drug-likeness (QED) is 0.184. The first-order valence-corrected chi connectivity index (χ1v) is 12.8. The second kappa shape index (κ2) is 12.1. The fourth-order valence-corrected chi connectivity index (χ4v) is 4.31. The molecule has 40 heavy (non-hydrogen) atoms. The van der Waals surface area contributed by atoms with Gasteiger partial charge in [0.2, 0.25) is 11.2 Å². The van der Waals surface area contributed by atoms with Crippen LogP contribution in [0.25, 0.3) is 21.9 Å². The Balaban J connectivity index is 0.00000370. The standard InChI is InChI=1S/C32H31NO6.ClH/c1-20-3-8-23(9-4-20)37-28-14-12-25-29(36)26-17-22(15-16-32(33,18-34)19-35)7-13-27(26)39-30(25)31(28)38-24-10-5-21(2)6-11-24;/h3-14,17,34-35H,15-16,18-19,33H2,1-2H3;1H. The Kier molecular flexibility index (Phi) is 8.81. The number of fused-ring (bicyclic) bond motifs is 2. The van der Waals surface area contributed by atoms with E-state index >= 15 is 0 Å². The summed E-state index contributed by atoms with van der Waals surface area (Å²) in [6, 6.07) is 24.0. The van der Waals surface area contributed by atoms with Gasteiger partial charge >= 0.3 is 0 Å². The van der Waals surface area contributed by atoms with Crippen molar-refractivity contribution in [3.63, 3.8) is 0 Å². The summed E-state index contributed by atoms with van der Waals surface area (Å²) < 4.78 is 18.8. The zero-order valence-corrected chi connectivity index (χ0v) is 23.2. The van der Waals surface area contributed by atoms with Gasteiger partial charge < -0.3 is 29.8 Å². The molecule has 5 aromatic rings. The number of rotatable bonds is 9. The van der Waals surface area contributed by atoms with Crippen LogP contribution in [0.1, 0.15) is 23.1 Å².